The fourth-order valence-corrected chi connectivity index (χ4v) is 8.79. The van der Waals surface area contributed by atoms with Gasteiger partial charge in [0.25, 0.3) is 0 Å². The first-order valence-electron chi connectivity index (χ1n) is 28.2. The van der Waals surface area contributed by atoms with Crippen molar-refractivity contribution in [3.05, 3.63) is 12.2 Å². The van der Waals surface area contributed by atoms with Crippen molar-refractivity contribution in [1.82, 2.24) is 0 Å². The van der Waals surface area contributed by atoms with E-state index in [2.05, 4.69) is 26.0 Å². The van der Waals surface area contributed by atoms with Gasteiger partial charge in [0, 0.05) is 12.8 Å². The fraction of sp³-hybridized carbons (Fsp3) is 0.930. The largest absolute Gasteiger partial charge is 0.462 e. The molecule has 1 N–H and O–H groups in total. The number of hydrogen-bond donors (Lipinski definition) is 1. The summed E-state index contributed by atoms with van der Waals surface area (Å²) in [7, 11) is 0. The number of aliphatic hydroxyl groups excluding tert-OH is 1. The van der Waals surface area contributed by atoms with Crippen LogP contribution in [0.5, 0.6) is 0 Å². The molecule has 0 aliphatic rings. The number of hydrogen-bond acceptors (Lipinski definition) is 5. The van der Waals surface area contributed by atoms with E-state index < -0.39 is 6.10 Å². The smallest absolute Gasteiger partial charge is 0.306 e. The Hall–Kier alpha value is -1.36. The molecular weight excluding hydrogens is 765 g/mol. The van der Waals surface area contributed by atoms with Crippen molar-refractivity contribution in [1.29, 1.82) is 0 Å². The summed E-state index contributed by atoms with van der Waals surface area (Å²) in [5.74, 6) is -0.572. The van der Waals surface area contributed by atoms with E-state index in [9.17, 15) is 14.7 Å². The highest BCUT2D eigenvalue weighted by Gasteiger charge is 2.16. The van der Waals surface area contributed by atoms with Crippen LogP contribution in [0.4, 0.5) is 0 Å². The molecule has 0 aliphatic carbocycles. The number of carbonyl (C=O) groups is 2. The lowest BCUT2D eigenvalue weighted by Crippen LogP contribution is -2.28. The standard InChI is InChI=1S/C57H110O5/c1-3-5-7-9-11-13-15-16-17-18-19-20-21-22-23-24-25-26-27-28-29-30-31-32-33-34-35-36-37-38-39-40-42-44-46-48-50-52-57(60)62-55(53-58)54-61-56(59)51-49-47-45-43-41-14-12-10-8-6-4-2/h18-19,55,58H,3-17,20-54H2,1-2H3/b19-18-. The summed E-state index contributed by atoms with van der Waals surface area (Å²) >= 11 is 0. The van der Waals surface area contributed by atoms with Crippen LogP contribution in [0.15, 0.2) is 12.2 Å². The third-order valence-corrected chi connectivity index (χ3v) is 13.1. The van der Waals surface area contributed by atoms with E-state index in [0.29, 0.717) is 12.8 Å². The van der Waals surface area contributed by atoms with Crippen LogP contribution in [0.1, 0.15) is 322 Å². The minimum absolute atomic E-state index is 0.0577. The molecule has 62 heavy (non-hydrogen) atoms. The molecule has 0 saturated heterocycles. The van der Waals surface area contributed by atoms with Gasteiger partial charge in [-0.05, 0) is 38.5 Å². The van der Waals surface area contributed by atoms with E-state index in [1.54, 1.807) is 0 Å². The maximum Gasteiger partial charge on any atom is 0.306 e. The minimum Gasteiger partial charge on any atom is -0.462 e. The number of aliphatic hydroxyl groups is 1. The first-order valence-corrected chi connectivity index (χ1v) is 28.2. The van der Waals surface area contributed by atoms with E-state index in [1.807, 2.05) is 0 Å². The van der Waals surface area contributed by atoms with Crippen LogP contribution >= 0.6 is 0 Å². The molecular formula is C57H110O5. The van der Waals surface area contributed by atoms with Gasteiger partial charge in [0.2, 0.25) is 0 Å². The van der Waals surface area contributed by atoms with Crippen molar-refractivity contribution in [3.8, 4) is 0 Å². The SMILES string of the molecule is CCCCCCCCCC/C=C\CCCCCCCCCCCCCCCCCCCCCCCCCCCC(=O)OC(CO)COC(=O)CCCCCCCCCCCCC. The summed E-state index contributed by atoms with van der Waals surface area (Å²) in [6, 6.07) is 0. The number of unbranched alkanes of at least 4 members (excludes halogenated alkanes) is 43. The minimum atomic E-state index is -0.763. The van der Waals surface area contributed by atoms with Crippen LogP contribution in [-0.2, 0) is 19.1 Å². The Labute approximate surface area is 388 Å². The molecule has 0 saturated carbocycles. The Balaban J connectivity index is 3.33. The van der Waals surface area contributed by atoms with Gasteiger partial charge in [-0.2, -0.15) is 0 Å². The second-order valence-electron chi connectivity index (χ2n) is 19.4. The van der Waals surface area contributed by atoms with Gasteiger partial charge >= 0.3 is 11.9 Å². The Bertz CT molecular complexity index is 902. The monoisotopic (exact) mass is 875 g/mol. The molecule has 368 valence electrons. The average Bonchev–Trinajstić information content (AvgIpc) is 3.28. The van der Waals surface area contributed by atoms with E-state index in [4.69, 9.17) is 9.47 Å². The zero-order valence-corrected chi connectivity index (χ0v) is 42.2. The molecule has 0 aromatic heterocycles. The maximum atomic E-state index is 12.3. The predicted molar refractivity (Wildman–Crippen MR) is 270 cm³/mol. The zero-order valence-electron chi connectivity index (χ0n) is 42.2. The van der Waals surface area contributed by atoms with Gasteiger partial charge in [-0.25, -0.2) is 0 Å². The molecule has 0 radical (unpaired) electrons. The second kappa shape index (κ2) is 54.0. The van der Waals surface area contributed by atoms with Crippen LogP contribution in [0.3, 0.4) is 0 Å². The van der Waals surface area contributed by atoms with Gasteiger partial charge < -0.3 is 14.6 Å². The molecule has 0 bridgehead atoms. The molecule has 5 heteroatoms. The third kappa shape index (κ3) is 51.3. The van der Waals surface area contributed by atoms with Crippen LogP contribution < -0.4 is 0 Å². The van der Waals surface area contributed by atoms with Crippen molar-refractivity contribution in [2.45, 2.75) is 328 Å². The first-order chi connectivity index (χ1) is 30.6. The van der Waals surface area contributed by atoms with Crippen LogP contribution in [0, 0.1) is 0 Å². The molecule has 0 heterocycles. The highest BCUT2D eigenvalue weighted by molar-refractivity contribution is 5.70. The number of carbonyl (C=O) groups excluding carboxylic acids is 2. The van der Waals surface area contributed by atoms with Gasteiger partial charge in [0.05, 0.1) is 6.61 Å². The van der Waals surface area contributed by atoms with E-state index >= 15 is 0 Å². The van der Waals surface area contributed by atoms with Crippen molar-refractivity contribution in [3.63, 3.8) is 0 Å². The summed E-state index contributed by atoms with van der Waals surface area (Å²) in [6.07, 6.45) is 66.5. The van der Waals surface area contributed by atoms with Gasteiger partial charge in [-0.15, -0.1) is 0 Å². The normalized spacial score (nSPS) is 12.1. The summed E-state index contributed by atoms with van der Waals surface area (Å²) in [5, 5.41) is 9.60. The highest BCUT2D eigenvalue weighted by atomic mass is 16.6. The lowest BCUT2D eigenvalue weighted by Gasteiger charge is -2.15. The Morgan fingerprint density at radius 1 is 0.355 bits per heavy atom. The third-order valence-electron chi connectivity index (χ3n) is 13.1. The van der Waals surface area contributed by atoms with Crippen LogP contribution in [-0.4, -0.2) is 36.4 Å². The Morgan fingerprint density at radius 3 is 0.871 bits per heavy atom. The molecule has 0 spiro atoms. The quantitative estimate of drug-likeness (QED) is 0.0374. The first kappa shape index (κ1) is 60.6. The molecule has 1 unspecified atom stereocenters. The van der Waals surface area contributed by atoms with Gasteiger partial charge in [-0.3, -0.25) is 9.59 Å². The summed E-state index contributed by atoms with van der Waals surface area (Å²) in [4.78, 5) is 24.4. The topological polar surface area (TPSA) is 72.8 Å². The zero-order chi connectivity index (χ0) is 44.9. The van der Waals surface area contributed by atoms with Crippen molar-refractivity contribution < 1.29 is 24.2 Å². The molecule has 0 rings (SSSR count). The number of rotatable bonds is 53. The fourth-order valence-electron chi connectivity index (χ4n) is 8.79. The molecule has 0 aliphatic heterocycles. The van der Waals surface area contributed by atoms with Crippen molar-refractivity contribution in [2.75, 3.05) is 13.2 Å². The summed E-state index contributed by atoms with van der Waals surface area (Å²) in [6.45, 7) is 4.17. The second-order valence-corrected chi connectivity index (χ2v) is 19.4. The number of esters is 2. The lowest BCUT2D eigenvalue weighted by molar-refractivity contribution is -0.161. The molecule has 0 aromatic carbocycles. The predicted octanol–water partition coefficient (Wildman–Crippen LogP) is 18.8. The molecule has 1 atom stereocenters. The maximum absolute atomic E-state index is 12.3. The molecule has 0 aromatic rings. The number of ether oxygens (including phenoxy) is 2. The summed E-state index contributed by atoms with van der Waals surface area (Å²) < 4.78 is 10.7. The van der Waals surface area contributed by atoms with Crippen molar-refractivity contribution >= 4 is 11.9 Å². The van der Waals surface area contributed by atoms with Gasteiger partial charge in [-0.1, -0.05) is 283 Å². The molecule has 5 nitrogen and oxygen atoms in total. The summed E-state index contributed by atoms with van der Waals surface area (Å²) in [5.41, 5.74) is 0. The van der Waals surface area contributed by atoms with Crippen LogP contribution in [0.25, 0.3) is 0 Å². The lowest BCUT2D eigenvalue weighted by atomic mass is 10.0. The molecule has 0 amide bonds. The van der Waals surface area contributed by atoms with Crippen LogP contribution in [0.2, 0.25) is 0 Å². The van der Waals surface area contributed by atoms with Gasteiger partial charge in [0.15, 0.2) is 6.10 Å². The Morgan fingerprint density at radius 2 is 0.597 bits per heavy atom. The van der Waals surface area contributed by atoms with Gasteiger partial charge in [0.1, 0.15) is 6.61 Å². The van der Waals surface area contributed by atoms with E-state index in [-0.39, 0.29) is 25.2 Å². The average molecular weight is 876 g/mol. The Kier molecular flexibility index (Phi) is 52.8. The number of allylic oxidation sites excluding steroid dienone is 2. The highest BCUT2D eigenvalue weighted by Crippen LogP contribution is 2.18. The van der Waals surface area contributed by atoms with E-state index in [1.165, 1.54) is 257 Å². The molecule has 0 fully saturated rings. The van der Waals surface area contributed by atoms with E-state index in [0.717, 1.165) is 38.5 Å². The van der Waals surface area contributed by atoms with Crippen molar-refractivity contribution in [2.24, 2.45) is 0 Å².